The zero-order chi connectivity index (χ0) is 20.3. The van der Waals surface area contributed by atoms with Crippen molar-refractivity contribution in [3.63, 3.8) is 0 Å². The fraction of sp³-hybridized carbons (Fsp3) is 0.412. The van der Waals surface area contributed by atoms with E-state index in [0.717, 1.165) is 16.0 Å². The highest BCUT2D eigenvalue weighted by Gasteiger charge is 2.25. The number of esters is 1. The molecule has 27 heavy (non-hydrogen) atoms. The average Bonchev–Trinajstić information content (AvgIpc) is 3.08. The van der Waals surface area contributed by atoms with Crippen LogP contribution in [0.1, 0.15) is 57.3 Å². The van der Waals surface area contributed by atoms with Gasteiger partial charge in [-0.2, -0.15) is 5.10 Å². The van der Waals surface area contributed by atoms with Gasteiger partial charge in [0.15, 0.2) is 5.78 Å². The van der Waals surface area contributed by atoms with Crippen LogP contribution < -0.4 is 5.32 Å². The van der Waals surface area contributed by atoms with Crippen molar-refractivity contribution >= 4 is 34.0 Å². The number of rotatable bonds is 7. The smallest absolute Gasteiger partial charge is 0.341 e. The van der Waals surface area contributed by atoms with Crippen molar-refractivity contribution in [3.05, 3.63) is 33.5 Å². The molecule has 2 rings (SSSR count). The number of thiophene rings is 1. The van der Waals surface area contributed by atoms with Crippen molar-refractivity contribution in [2.75, 3.05) is 11.9 Å². The highest BCUT2D eigenvalue weighted by Crippen LogP contribution is 2.34. The van der Waals surface area contributed by atoms with Crippen LogP contribution in [0.2, 0.25) is 0 Å². The SMILES string of the molecule is CCOC(=O)c1c(NC(=O)Cn2nc(C(F)F)cc2C)sc(C(C)=O)c1C. The van der Waals surface area contributed by atoms with Crippen LogP contribution in [0.15, 0.2) is 6.07 Å². The molecule has 7 nitrogen and oxygen atoms in total. The summed E-state index contributed by atoms with van der Waals surface area (Å²) >= 11 is 0.970. The fourth-order valence-electron chi connectivity index (χ4n) is 2.49. The molecule has 0 aliphatic heterocycles. The van der Waals surface area contributed by atoms with Crippen LogP contribution in [0.25, 0.3) is 0 Å². The zero-order valence-electron chi connectivity index (χ0n) is 15.3. The van der Waals surface area contributed by atoms with E-state index in [2.05, 4.69) is 10.4 Å². The van der Waals surface area contributed by atoms with E-state index in [4.69, 9.17) is 4.74 Å². The summed E-state index contributed by atoms with van der Waals surface area (Å²) in [6.45, 7) is 5.98. The molecule has 2 aromatic rings. The van der Waals surface area contributed by atoms with Crippen LogP contribution in [0.4, 0.5) is 13.8 Å². The molecule has 0 atom stereocenters. The lowest BCUT2D eigenvalue weighted by molar-refractivity contribution is -0.116. The second kappa shape index (κ2) is 8.38. The van der Waals surface area contributed by atoms with Gasteiger partial charge in [-0.1, -0.05) is 0 Å². The Hall–Kier alpha value is -2.62. The lowest BCUT2D eigenvalue weighted by Gasteiger charge is -2.08. The Labute approximate surface area is 158 Å². The molecule has 0 unspecified atom stereocenters. The van der Waals surface area contributed by atoms with E-state index in [1.807, 2.05) is 0 Å². The number of nitrogens with one attached hydrogen (secondary N) is 1. The molecule has 1 N–H and O–H groups in total. The van der Waals surface area contributed by atoms with Gasteiger partial charge in [0.25, 0.3) is 6.43 Å². The number of hydrogen-bond donors (Lipinski definition) is 1. The number of alkyl halides is 2. The number of ether oxygens (including phenoxy) is 1. The van der Waals surface area contributed by atoms with Gasteiger partial charge in [0.1, 0.15) is 17.2 Å². The molecule has 0 saturated carbocycles. The number of carbonyl (C=O) groups is 3. The van der Waals surface area contributed by atoms with Gasteiger partial charge in [0.2, 0.25) is 5.91 Å². The van der Waals surface area contributed by atoms with E-state index in [0.29, 0.717) is 16.1 Å². The van der Waals surface area contributed by atoms with Gasteiger partial charge < -0.3 is 10.1 Å². The number of nitrogens with zero attached hydrogens (tertiary/aromatic N) is 2. The monoisotopic (exact) mass is 399 g/mol. The van der Waals surface area contributed by atoms with Crippen LogP contribution in [-0.2, 0) is 16.1 Å². The maximum Gasteiger partial charge on any atom is 0.341 e. The second-order valence-corrected chi connectivity index (χ2v) is 6.77. The Kier molecular flexibility index (Phi) is 6.42. The summed E-state index contributed by atoms with van der Waals surface area (Å²) in [6, 6.07) is 1.20. The first-order valence-electron chi connectivity index (χ1n) is 8.09. The minimum atomic E-state index is -2.73. The fourth-order valence-corrected chi connectivity index (χ4v) is 3.60. The molecule has 0 spiro atoms. The Bertz CT molecular complexity index is 889. The van der Waals surface area contributed by atoms with Gasteiger partial charge in [-0.25, -0.2) is 13.6 Å². The first-order valence-corrected chi connectivity index (χ1v) is 8.91. The minimum Gasteiger partial charge on any atom is -0.462 e. The number of carbonyl (C=O) groups excluding carboxylic acids is 3. The highest BCUT2D eigenvalue weighted by molar-refractivity contribution is 7.18. The van der Waals surface area contributed by atoms with Crippen molar-refractivity contribution in [1.29, 1.82) is 0 Å². The van der Waals surface area contributed by atoms with Crippen molar-refractivity contribution in [3.8, 4) is 0 Å². The number of anilines is 1. The third kappa shape index (κ3) is 4.57. The molecule has 0 saturated heterocycles. The number of aromatic nitrogens is 2. The topological polar surface area (TPSA) is 90.3 Å². The molecule has 0 fully saturated rings. The van der Waals surface area contributed by atoms with Crippen LogP contribution >= 0.6 is 11.3 Å². The Morgan fingerprint density at radius 2 is 2.00 bits per heavy atom. The summed E-state index contributed by atoms with van der Waals surface area (Å²) < 4.78 is 31.6. The van der Waals surface area contributed by atoms with Crippen molar-refractivity contribution in [2.45, 2.75) is 40.7 Å². The van der Waals surface area contributed by atoms with Crippen LogP contribution in [0, 0.1) is 13.8 Å². The Morgan fingerprint density at radius 3 is 2.52 bits per heavy atom. The highest BCUT2D eigenvalue weighted by atomic mass is 32.1. The number of aryl methyl sites for hydroxylation is 1. The molecular formula is C17H19F2N3O4S. The van der Waals surface area contributed by atoms with Crippen molar-refractivity contribution in [2.24, 2.45) is 0 Å². The van der Waals surface area contributed by atoms with Crippen LogP contribution in [-0.4, -0.2) is 34.0 Å². The first kappa shape index (κ1) is 20.7. The summed E-state index contributed by atoms with van der Waals surface area (Å²) in [5, 5.41) is 6.43. The lowest BCUT2D eigenvalue weighted by atomic mass is 10.1. The molecule has 0 aliphatic carbocycles. The molecule has 0 aromatic carbocycles. The van der Waals surface area contributed by atoms with Crippen LogP contribution in [0.5, 0.6) is 0 Å². The number of amides is 1. The molecule has 10 heteroatoms. The Balaban J connectivity index is 2.28. The predicted octanol–water partition coefficient (Wildman–Crippen LogP) is 3.52. The summed E-state index contributed by atoms with van der Waals surface area (Å²) in [6.07, 6.45) is -2.73. The van der Waals surface area contributed by atoms with Gasteiger partial charge in [-0.3, -0.25) is 14.3 Å². The third-order valence-electron chi connectivity index (χ3n) is 3.72. The third-order valence-corrected chi connectivity index (χ3v) is 5.02. The molecule has 1 amide bonds. The summed E-state index contributed by atoms with van der Waals surface area (Å²) in [7, 11) is 0. The minimum absolute atomic E-state index is 0.117. The number of Topliss-reactive ketones (excluding diaryl/α,β-unsaturated/α-hetero) is 1. The molecular weight excluding hydrogens is 380 g/mol. The van der Waals surface area contributed by atoms with Gasteiger partial charge in [-0.05, 0) is 39.3 Å². The van der Waals surface area contributed by atoms with E-state index in [9.17, 15) is 23.2 Å². The Morgan fingerprint density at radius 1 is 1.33 bits per heavy atom. The maximum atomic E-state index is 12.7. The average molecular weight is 399 g/mol. The quantitative estimate of drug-likeness (QED) is 0.568. The van der Waals surface area contributed by atoms with Crippen LogP contribution in [0.3, 0.4) is 0 Å². The van der Waals surface area contributed by atoms with Gasteiger partial charge in [0, 0.05) is 5.69 Å². The molecule has 0 radical (unpaired) electrons. The normalized spacial score (nSPS) is 10.9. The standard InChI is InChI=1S/C17H19F2N3O4S/c1-5-26-17(25)13-9(3)14(10(4)23)27-16(13)20-12(24)7-22-8(2)6-11(21-22)15(18)19/h6,15H,5,7H2,1-4H3,(H,20,24). The maximum absolute atomic E-state index is 12.7. The predicted molar refractivity (Wildman–Crippen MR) is 95.6 cm³/mol. The zero-order valence-corrected chi connectivity index (χ0v) is 16.1. The molecule has 0 bridgehead atoms. The van der Waals surface area contributed by atoms with E-state index in [1.165, 1.54) is 13.0 Å². The molecule has 0 aliphatic rings. The molecule has 146 valence electrons. The summed E-state index contributed by atoms with van der Waals surface area (Å²) in [5.74, 6) is -1.46. The summed E-state index contributed by atoms with van der Waals surface area (Å²) in [4.78, 5) is 36.7. The van der Waals surface area contributed by atoms with E-state index in [-0.39, 0.29) is 29.5 Å². The van der Waals surface area contributed by atoms with E-state index < -0.39 is 24.0 Å². The van der Waals surface area contributed by atoms with Gasteiger partial charge >= 0.3 is 5.97 Å². The molecule has 2 heterocycles. The van der Waals surface area contributed by atoms with Crippen molar-refractivity contribution < 1.29 is 27.9 Å². The van der Waals surface area contributed by atoms with Crippen molar-refractivity contribution in [1.82, 2.24) is 9.78 Å². The number of halogens is 2. The lowest BCUT2D eigenvalue weighted by Crippen LogP contribution is -2.21. The van der Waals surface area contributed by atoms with Gasteiger partial charge in [0.05, 0.1) is 17.0 Å². The van der Waals surface area contributed by atoms with E-state index >= 15 is 0 Å². The largest absolute Gasteiger partial charge is 0.462 e. The molecule has 2 aromatic heterocycles. The van der Waals surface area contributed by atoms with E-state index in [1.54, 1.807) is 20.8 Å². The number of ketones is 1. The summed E-state index contributed by atoms with van der Waals surface area (Å²) in [5.41, 5.74) is 0.526. The first-order chi connectivity index (χ1) is 12.6. The number of hydrogen-bond acceptors (Lipinski definition) is 6. The second-order valence-electron chi connectivity index (χ2n) is 5.75. The van der Waals surface area contributed by atoms with Gasteiger partial charge in [-0.15, -0.1) is 11.3 Å².